The lowest BCUT2D eigenvalue weighted by atomic mass is 9.93. The summed E-state index contributed by atoms with van der Waals surface area (Å²) in [5, 5.41) is 8.84. The quantitative estimate of drug-likeness (QED) is 0.736. The smallest absolute Gasteiger partial charge is 0.151 e. The highest BCUT2D eigenvalue weighted by molar-refractivity contribution is 14.1. The molecule has 4 rings (SSSR count). The third kappa shape index (κ3) is 2.42. The molecule has 2 aromatic rings. The average molecular weight is 392 g/mol. The molecule has 108 valence electrons. The third-order valence-corrected chi connectivity index (χ3v) is 5.33. The molecule has 1 aromatic carbocycles. The Hall–Kier alpha value is -1.21. The second-order valence-electron chi connectivity index (χ2n) is 5.96. The molecule has 2 aliphatic heterocycles. The highest BCUT2D eigenvalue weighted by atomic mass is 127. The van der Waals surface area contributed by atoms with Crippen LogP contribution in [0.25, 0.3) is 11.3 Å². The molecule has 0 spiro atoms. The maximum absolute atomic E-state index is 4.44. The maximum atomic E-state index is 4.44. The molecule has 0 amide bonds. The van der Waals surface area contributed by atoms with Gasteiger partial charge < -0.3 is 9.80 Å². The first-order chi connectivity index (χ1) is 10.2. The SMILES string of the molecule is CN1C[C@H]2CN(c3ccc(-c4ccc(I)cc4)nn3)C[C@H]21. The molecule has 0 N–H and O–H groups in total. The highest BCUT2D eigenvalue weighted by Gasteiger charge is 2.43. The van der Waals surface area contributed by atoms with E-state index in [9.17, 15) is 0 Å². The minimum absolute atomic E-state index is 0.711. The van der Waals surface area contributed by atoms with Crippen molar-refractivity contribution in [2.75, 3.05) is 31.6 Å². The topological polar surface area (TPSA) is 32.3 Å². The zero-order valence-electron chi connectivity index (χ0n) is 11.9. The molecule has 5 heteroatoms. The van der Waals surface area contributed by atoms with Gasteiger partial charge in [0.15, 0.2) is 5.82 Å². The van der Waals surface area contributed by atoms with Crippen molar-refractivity contribution in [3.05, 3.63) is 40.0 Å². The number of fused-ring (bicyclic) bond motifs is 1. The Morgan fingerprint density at radius 2 is 1.81 bits per heavy atom. The molecule has 4 nitrogen and oxygen atoms in total. The predicted molar refractivity (Wildman–Crippen MR) is 92.3 cm³/mol. The minimum Gasteiger partial charge on any atom is -0.353 e. The van der Waals surface area contributed by atoms with Crippen molar-refractivity contribution in [3.8, 4) is 11.3 Å². The van der Waals surface area contributed by atoms with Gasteiger partial charge in [0.2, 0.25) is 0 Å². The van der Waals surface area contributed by atoms with Gasteiger partial charge >= 0.3 is 0 Å². The van der Waals surface area contributed by atoms with Gasteiger partial charge in [-0.05, 0) is 53.9 Å². The number of aromatic nitrogens is 2. The minimum atomic E-state index is 0.711. The number of rotatable bonds is 2. The second kappa shape index (κ2) is 5.21. The van der Waals surface area contributed by atoms with Gasteiger partial charge in [-0.1, -0.05) is 12.1 Å². The summed E-state index contributed by atoms with van der Waals surface area (Å²) in [6.45, 7) is 3.42. The Kier molecular flexibility index (Phi) is 3.34. The molecule has 2 saturated heterocycles. The summed E-state index contributed by atoms with van der Waals surface area (Å²) in [6, 6.07) is 13.3. The summed E-state index contributed by atoms with van der Waals surface area (Å²) in [5.74, 6) is 1.82. The van der Waals surface area contributed by atoms with Crippen molar-refractivity contribution < 1.29 is 0 Å². The lowest BCUT2D eigenvalue weighted by Crippen LogP contribution is -2.52. The van der Waals surface area contributed by atoms with Gasteiger partial charge in [-0.25, -0.2) is 0 Å². The van der Waals surface area contributed by atoms with Gasteiger partial charge in [0, 0.05) is 40.7 Å². The Bertz CT molecular complexity index is 640. The summed E-state index contributed by atoms with van der Waals surface area (Å²) < 4.78 is 1.23. The monoisotopic (exact) mass is 392 g/mol. The van der Waals surface area contributed by atoms with E-state index in [2.05, 4.69) is 86.0 Å². The fraction of sp³-hybridized carbons (Fsp3) is 0.375. The van der Waals surface area contributed by atoms with E-state index in [-0.39, 0.29) is 0 Å². The van der Waals surface area contributed by atoms with E-state index in [0.29, 0.717) is 6.04 Å². The number of likely N-dealkylation sites (N-methyl/N-ethyl adjacent to an activating group) is 1. The lowest BCUT2D eigenvalue weighted by Gasteiger charge is -2.40. The summed E-state index contributed by atoms with van der Waals surface area (Å²) in [4.78, 5) is 4.79. The Labute approximate surface area is 138 Å². The van der Waals surface area contributed by atoms with Crippen molar-refractivity contribution in [1.29, 1.82) is 0 Å². The van der Waals surface area contributed by atoms with Crippen molar-refractivity contribution in [2.24, 2.45) is 5.92 Å². The number of nitrogens with zero attached hydrogens (tertiary/aromatic N) is 4. The van der Waals surface area contributed by atoms with E-state index in [1.807, 2.05) is 0 Å². The number of hydrogen-bond donors (Lipinski definition) is 0. The van der Waals surface area contributed by atoms with E-state index in [1.54, 1.807) is 0 Å². The van der Waals surface area contributed by atoms with Gasteiger partial charge in [-0.2, -0.15) is 0 Å². The first-order valence-electron chi connectivity index (χ1n) is 7.25. The van der Waals surface area contributed by atoms with Gasteiger partial charge in [0.1, 0.15) is 0 Å². The molecule has 0 unspecified atom stereocenters. The fourth-order valence-electron chi connectivity index (χ4n) is 3.36. The van der Waals surface area contributed by atoms with Crippen molar-refractivity contribution in [1.82, 2.24) is 15.1 Å². The van der Waals surface area contributed by atoms with Crippen LogP contribution in [0, 0.1) is 9.49 Å². The normalized spacial score (nSPS) is 24.8. The van der Waals surface area contributed by atoms with Crippen LogP contribution < -0.4 is 4.90 Å². The van der Waals surface area contributed by atoms with E-state index >= 15 is 0 Å². The zero-order valence-corrected chi connectivity index (χ0v) is 14.1. The van der Waals surface area contributed by atoms with Crippen LogP contribution in [-0.2, 0) is 0 Å². The summed E-state index contributed by atoms with van der Waals surface area (Å²) in [5.41, 5.74) is 2.06. The van der Waals surface area contributed by atoms with Crippen molar-refractivity contribution in [2.45, 2.75) is 6.04 Å². The molecule has 2 aliphatic rings. The molecule has 21 heavy (non-hydrogen) atoms. The van der Waals surface area contributed by atoms with Crippen LogP contribution in [-0.4, -0.2) is 47.8 Å². The molecular formula is C16H17IN4. The molecule has 3 heterocycles. The second-order valence-corrected chi connectivity index (χ2v) is 7.20. The van der Waals surface area contributed by atoms with Crippen LogP contribution in [0.1, 0.15) is 0 Å². The molecule has 0 bridgehead atoms. The number of anilines is 1. The Morgan fingerprint density at radius 3 is 2.43 bits per heavy atom. The number of halogens is 1. The van der Waals surface area contributed by atoms with Crippen LogP contribution in [0.2, 0.25) is 0 Å². The number of likely N-dealkylation sites (tertiary alicyclic amines) is 1. The van der Waals surface area contributed by atoms with E-state index in [4.69, 9.17) is 0 Å². The fourth-order valence-corrected chi connectivity index (χ4v) is 3.72. The average Bonchev–Trinajstić information content (AvgIpc) is 2.86. The molecule has 1 aromatic heterocycles. The largest absolute Gasteiger partial charge is 0.353 e. The van der Waals surface area contributed by atoms with Gasteiger partial charge in [0.05, 0.1) is 5.69 Å². The van der Waals surface area contributed by atoms with Gasteiger partial charge in [-0.3, -0.25) is 0 Å². The molecule has 2 atom stereocenters. The van der Waals surface area contributed by atoms with Crippen molar-refractivity contribution >= 4 is 28.4 Å². The van der Waals surface area contributed by atoms with Crippen molar-refractivity contribution in [3.63, 3.8) is 0 Å². The standard InChI is InChI=1S/C16H17IN4/c1-20-8-12-9-21(10-15(12)20)16-7-6-14(18-19-16)11-2-4-13(17)5-3-11/h2-7,12,15H,8-10H2,1H3/t12-,15+/m0/s1. The van der Waals surface area contributed by atoms with Crippen LogP contribution in [0.5, 0.6) is 0 Å². The summed E-state index contributed by atoms with van der Waals surface area (Å²) in [6.07, 6.45) is 0. The van der Waals surface area contributed by atoms with Crippen LogP contribution >= 0.6 is 22.6 Å². The van der Waals surface area contributed by atoms with E-state index < -0.39 is 0 Å². The van der Waals surface area contributed by atoms with Gasteiger partial charge in [0.25, 0.3) is 0 Å². The Balaban J connectivity index is 1.53. The molecule has 2 fully saturated rings. The lowest BCUT2D eigenvalue weighted by molar-refractivity contribution is 0.0827. The summed E-state index contributed by atoms with van der Waals surface area (Å²) >= 11 is 2.31. The third-order valence-electron chi connectivity index (χ3n) is 4.61. The first kappa shape index (κ1) is 13.5. The van der Waals surface area contributed by atoms with Gasteiger partial charge in [-0.15, -0.1) is 10.2 Å². The predicted octanol–water partition coefficient (Wildman–Crippen LogP) is 2.50. The van der Waals surface area contributed by atoms with Crippen LogP contribution in [0.15, 0.2) is 36.4 Å². The highest BCUT2D eigenvalue weighted by Crippen LogP contribution is 2.33. The number of benzene rings is 1. The molecule has 0 radical (unpaired) electrons. The van der Waals surface area contributed by atoms with E-state index in [1.165, 1.54) is 10.1 Å². The van der Waals surface area contributed by atoms with E-state index in [0.717, 1.165) is 36.1 Å². The molecular weight excluding hydrogens is 375 g/mol. The molecule has 0 saturated carbocycles. The van der Waals surface area contributed by atoms with Crippen LogP contribution in [0.3, 0.4) is 0 Å². The first-order valence-corrected chi connectivity index (χ1v) is 8.33. The Morgan fingerprint density at radius 1 is 1.00 bits per heavy atom. The summed E-state index contributed by atoms with van der Waals surface area (Å²) in [7, 11) is 2.20. The zero-order chi connectivity index (χ0) is 14.4. The maximum Gasteiger partial charge on any atom is 0.151 e. The molecule has 0 aliphatic carbocycles. The van der Waals surface area contributed by atoms with Crippen LogP contribution in [0.4, 0.5) is 5.82 Å². The number of hydrogen-bond acceptors (Lipinski definition) is 4.